The number of benzene rings is 2. The first-order valence-corrected chi connectivity index (χ1v) is 6.93. The zero-order valence-corrected chi connectivity index (χ0v) is 12.7. The second-order valence-electron chi connectivity index (χ2n) is 4.85. The SMILES string of the molecule is CC(=O)Nc1ccc(NCc2ccc(O)c(Cl)c2)cc1C. The van der Waals surface area contributed by atoms with E-state index in [1.165, 1.54) is 6.92 Å². The number of nitrogens with one attached hydrogen (secondary N) is 2. The fourth-order valence-electron chi connectivity index (χ4n) is 1.97. The van der Waals surface area contributed by atoms with Crippen molar-refractivity contribution >= 4 is 28.9 Å². The van der Waals surface area contributed by atoms with Crippen molar-refractivity contribution in [3.05, 3.63) is 52.5 Å². The van der Waals surface area contributed by atoms with Gasteiger partial charge in [-0.2, -0.15) is 0 Å². The van der Waals surface area contributed by atoms with Crippen molar-refractivity contribution in [1.82, 2.24) is 0 Å². The molecule has 0 atom stereocenters. The van der Waals surface area contributed by atoms with Gasteiger partial charge in [-0.25, -0.2) is 0 Å². The third-order valence-corrected chi connectivity index (χ3v) is 3.35. The van der Waals surface area contributed by atoms with Gasteiger partial charge in [0.15, 0.2) is 0 Å². The van der Waals surface area contributed by atoms with Gasteiger partial charge in [0.25, 0.3) is 0 Å². The molecule has 0 aliphatic rings. The average Bonchev–Trinajstić information content (AvgIpc) is 2.42. The minimum Gasteiger partial charge on any atom is -0.506 e. The summed E-state index contributed by atoms with van der Waals surface area (Å²) in [4.78, 5) is 11.1. The first-order valence-electron chi connectivity index (χ1n) is 6.55. The summed E-state index contributed by atoms with van der Waals surface area (Å²) in [5, 5.41) is 15.8. The number of anilines is 2. The smallest absolute Gasteiger partial charge is 0.221 e. The maximum atomic E-state index is 11.1. The number of aryl methyl sites for hydroxylation is 1. The van der Waals surface area contributed by atoms with Crippen LogP contribution in [0.25, 0.3) is 0 Å². The van der Waals surface area contributed by atoms with Crippen LogP contribution in [-0.2, 0) is 11.3 Å². The number of amides is 1. The Hall–Kier alpha value is -2.20. The molecular formula is C16H17ClN2O2. The van der Waals surface area contributed by atoms with Crippen LogP contribution in [0.4, 0.5) is 11.4 Å². The van der Waals surface area contributed by atoms with Gasteiger partial charge < -0.3 is 15.7 Å². The molecule has 5 heteroatoms. The molecule has 0 fully saturated rings. The lowest BCUT2D eigenvalue weighted by molar-refractivity contribution is -0.114. The summed E-state index contributed by atoms with van der Waals surface area (Å²) >= 11 is 5.87. The molecule has 21 heavy (non-hydrogen) atoms. The second-order valence-corrected chi connectivity index (χ2v) is 5.26. The molecule has 3 N–H and O–H groups in total. The van der Waals surface area contributed by atoms with Gasteiger partial charge in [-0.05, 0) is 48.4 Å². The maximum absolute atomic E-state index is 11.1. The predicted octanol–water partition coefficient (Wildman–Crippen LogP) is 3.92. The van der Waals surface area contributed by atoms with Crippen LogP contribution in [0.15, 0.2) is 36.4 Å². The number of rotatable bonds is 4. The third kappa shape index (κ3) is 4.13. The number of hydrogen-bond acceptors (Lipinski definition) is 3. The Morgan fingerprint density at radius 2 is 2.00 bits per heavy atom. The highest BCUT2D eigenvalue weighted by atomic mass is 35.5. The van der Waals surface area contributed by atoms with Crippen molar-refractivity contribution in [2.75, 3.05) is 10.6 Å². The highest BCUT2D eigenvalue weighted by Gasteiger charge is 2.03. The average molecular weight is 305 g/mol. The van der Waals surface area contributed by atoms with E-state index in [-0.39, 0.29) is 11.7 Å². The lowest BCUT2D eigenvalue weighted by Gasteiger charge is -2.11. The summed E-state index contributed by atoms with van der Waals surface area (Å²) in [6.07, 6.45) is 0. The van der Waals surface area contributed by atoms with Crippen LogP contribution >= 0.6 is 11.6 Å². The first kappa shape index (κ1) is 15.2. The minimum absolute atomic E-state index is 0.0796. The lowest BCUT2D eigenvalue weighted by atomic mass is 10.1. The van der Waals surface area contributed by atoms with Crippen molar-refractivity contribution in [1.29, 1.82) is 0 Å². The molecule has 0 saturated heterocycles. The quantitative estimate of drug-likeness (QED) is 0.802. The summed E-state index contributed by atoms with van der Waals surface area (Å²) < 4.78 is 0. The lowest BCUT2D eigenvalue weighted by Crippen LogP contribution is -2.07. The Morgan fingerprint density at radius 1 is 1.24 bits per heavy atom. The zero-order valence-electron chi connectivity index (χ0n) is 11.9. The van der Waals surface area contributed by atoms with Crippen molar-refractivity contribution < 1.29 is 9.90 Å². The van der Waals surface area contributed by atoms with Gasteiger partial charge in [-0.15, -0.1) is 0 Å². The molecule has 2 aromatic rings. The van der Waals surface area contributed by atoms with Crippen molar-refractivity contribution in [3.63, 3.8) is 0 Å². The molecule has 0 spiro atoms. The Balaban J connectivity index is 2.04. The highest BCUT2D eigenvalue weighted by Crippen LogP contribution is 2.25. The molecule has 2 rings (SSSR count). The van der Waals surface area contributed by atoms with E-state index in [9.17, 15) is 9.90 Å². The molecular weight excluding hydrogens is 288 g/mol. The molecule has 0 saturated carbocycles. The molecule has 0 aliphatic carbocycles. The van der Waals surface area contributed by atoms with Crippen LogP contribution in [0.3, 0.4) is 0 Å². The van der Waals surface area contributed by atoms with E-state index < -0.39 is 0 Å². The van der Waals surface area contributed by atoms with Crippen molar-refractivity contribution in [2.45, 2.75) is 20.4 Å². The van der Waals surface area contributed by atoms with Gasteiger partial charge in [0.05, 0.1) is 5.02 Å². The number of carbonyl (C=O) groups excluding carboxylic acids is 1. The maximum Gasteiger partial charge on any atom is 0.221 e. The molecule has 0 radical (unpaired) electrons. The van der Waals surface area contributed by atoms with Gasteiger partial charge in [0, 0.05) is 24.8 Å². The van der Waals surface area contributed by atoms with Gasteiger partial charge >= 0.3 is 0 Å². The Kier molecular flexibility index (Phi) is 4.70. The van der Waals surface area contributed by atoms with Crippen LogP contribution in [-0.4, -0.2) is 11.0 Å². The van der Waals surface area contributed by atoms with E-state index in [0.717, 1.165) is 22.5 Å². The topological polar surface area (TPSA) is 61.4 Å². The Bertz CT molecular complexity index is 671. The van der Waals surface area contributed by atoms with E-state index in [0.29, 0.717) is 11.6 Å². The van der Waals surface area contributed by atoms with Gasteiger partial charge in [-0.3, -0.25) is 4.79 Å². The highest BCUT2D eigenvalue weighted by molar-refractivity contribution is 6.32. The molecule has 0 aliphatic heterocycles. The van der Waals surface area contributed by atoms with Crippen molar-refractivity contribution in [3.8, 4) is 5.75 Å². The van der Waals surface area contributed by atoms with Crippen LogP contribution in [0.2, 0.25) is 5.02 Å². The summed E-state index contributed by atoms with van der Waals surface area (Å²) in [7, 11) is 0. The number of hydrogen-bond donors (Lipinski definition) is 3. The van der Waals surface area contributed by atoms with Crippen molar-refractivity contribution in [2.24, 2.45) is 0 Å². The summed E-state index contributed by atoms with van der Waals surface area (Å²) in [6.45, 7) is 4.02. The second kappa shape index (κ2) is 6.50. The van der Waals surface area contributed by atoms with Crippen LogP contribution in [0.1, 0.15) is 18.1 Å². The first-order chi connectivity index (χ1) is 9.95. The fraction of sp³-hybridized carbons (Fsp3) is 0.188. The molecule has 0 heterocycles. The normalized spacial score (nSPS) is 10.2. The standard InChI is InChI=1S/C16H17ClN2O2/c1-10-7-13(4-5-15(10)19-11(2)20)18-9-12-3-6-16(21)14(17)8-12/h3-8,18,21H,9H2,1-2H3,(H,19,20). The van der Waals surface area contributed by atoms with Gasteiger partial charge in [0.1, 0.15) is 5.75 Å². The Labute approximate surface area is 128 Å². The fourth-order valence-corrected chi connectivity index (χ4v) is 2.17. The number of aromatic hydroxyl groups is 1. The monoisotopic (exact) mass is 304 g/mol. The largest absolute Gasteiger partial charge is 0.506 e. The Morgan fingerprint density at radius 3 is 2.62 bits per heavy atom. The molecule has 0 bridgehead atoms. The van der Waals surface area contributed by atoms with E-state index in [1.807, 2.05) is 31.2 Å². The number of phenols is 1. The molecule has 2 aromatic carbocycles. The van der Waals surface area contributed by atoms with Crippen LogP contribution in [0.5, 0.6) is 5.75 Å². The molecule has 0 aromatic heterocycles. The van der Waals surface area contributed by atoms with E-state index in [2.05, 4.69) is 10.6 Å². The summed E-state index contributed by atoms with van der Waals surface area (Å²) in [5.41, 5.74) is 3.71. The number of phenolic OH excluding ortho intramolecular Hbond substituents is 1. The molecule has 4 nitrogen and oxygen atoms in total. The van der Waals surface area contributed by atoms with E-state index in [4.69, 9.17) is 11.6 Å². The predicted molar refractivity (Wildman–Crippen MR) is 85.9 cm³/mol. The number of carbonyl (C=O) groups is 1. The zero-order chi connectivity index (χ0) is 15.4. The van der Waals surface area contributed by atoms with Crippen LogP contribution in [0, 0.1) is 6.92 Å². The summed E-state index contributed by atoms with van der Waals surface area (Å²) in [6, 6.07) is 10.8. The molecule has 110 valence electrons. The van der Waals surface area contributed by atoms with Crippen LogP contribution < -0.4 is 10.6 Å². The molecule has 0 unspecified atom stereocenters. The number of halogens is 1. The molecule has 1 amide bonds. The minimum atomic E-state index is -0.0856. The van der Waals surface area contributed by atoms with Gasteiger partial charge in [-0.1, -0.05) is 17.7 Å². The summed E-state index contributed by atoms with van der Waals surface area (Å²) in [5.74, 6) is -0.00605. The van der Waals surface area contributed by atoms with E-state index >= 15 is 0 Å². The van der Waals surface area contributed by atoms with Gasteiger partial charge in [0.2, 0.25) is 5.91 Å². The van der Waals surface area contributed by atoms with E-state index in [1.54, 1.807) is 12.1 Å². The third-order valence-electron chi connectivity index (χ3n) is 3.05.